The molecule has 1 N–H and O–H groups in total. The van der Waals surface area contributed by atoms with Crippen LogP contribution in [0.3, 0.4) is 0 Å². The maximum Gasteiger partial charge on any atom is 0.337 e. The van der Waals surface area contributed by atoms with E-state index >= 15 is 0 Å². The number of carbonyl (C=O) groups excluding carboxylic acids is 2. The maximum atomic E-state index is 12.3. The van der Waals surface area contributed by atoms with Crippen LogP contribution in [0.25, 0.3) is 0 Å². The lowest BCUT2D eigenvalue weighted by atomic mass is 10.1. The van der Waals surface area contributed by atoms with Crippen molar-refractivity contribution in [2.75, 3.05) is 26.0 Å². The van der Waals surface area contributed by atoms with Crippen molar-refractivity contribution in [1.82, 2.24) is 4.90 Å². The average Bonchev–Trinajstić information content (AvgIpc) is 3.06. The smallest absolute Gasteiger partial charge is 0.337 e. The van der Waals surface area contributed by atoms with Crippen molar-refractivity contribution in [3.05, 3.63) is 65.2 Å². The molecule has 1 amide bonds. The van der Waals surface area contributed by atoms with Crippen LogP contribution in [0.1, 0.15) is 33.9 Å². The zero-order chi connectivity index (χ0) is 17.8. The molecule has 0 bridgehead atoms. The Hall–Kier alpha value is -2.66. The van der Waals surface area contributed by atoms with Gasteiger partial charge in [0.05, 0.1) is 19.2 Å². The normalized spacial score (nSPS) is 15.7. The Morgan fingerprint density at radius 3 is 2.60 bits per heavy atom. The van der Waals surface area contributed by atoms with Gasteiger partial charge in [0.1, 0.15) is 0 Å². The van der Waals surface area contributed by atoms with Crippen molar-refractivity contribution in [3.63, 3.8) is 0 Å². The number of rotatable bonds is 5. The van der Waals surface area contributed by atoms with Gasteiger partial charge in [-0.25, -0.2) is 4.79 Å². The molecule has 3 rings (SSSR count). The van der Waals surface area contributed by atoms with E-state index in [4.69, 9.17) is 0 Å². The van der Waals surface area contributed by atoms with E-state index in [0.717, 1.165) is 12.8 Å². The SMILES string of the molecule is COC(=O)c1ccc(NC(=O)CN(C)[C@H]2CCc3ccccc32)cc1. The first kappa shape index (κ1) is 17.2. The fourth-order valence-corrected chi connectivity index (χ4v) is 3.34. The molecule has 0 aliphatic heterocycles. The lowest BCUT2D eigenvalue weighted by molar-refractivity contribution is -0.117. The van der Waals surface area contributed by atoms with Crippen LogP contribution in [0.15, 0.2) is 48.5 Å². The zero-order valence-electron chi connectivity index (χ0n) is 14.5. The molecular formula is C20H22N2O3. The number of hydrogen-bond acceptors (Lipinski definition) is 4. The molecule has 0 unspecified atom stereocenters. The highest BCUT2D eigenvalue weighted by atomic mass is 16.5. The van der Waals surface area contributed by atoms with Crippen molar-refractivity contribution in [2.24, 2.45) is 0 Å². The molecule has 0 fully saturated rings. The number of amides is 1. The van der Waals surface area contributed by atoms with E-state index in [-0.39, 0.29) is 11.9 Å². The van der Waals surface area contributed by atoms with Crippen LogP contribution in [0.2, 0.25) is 0 Å². The van der Waals surface area contributed by atoms with Crippen LogP contribution < -0.4 is 5.32 Å². The number of carbonyl (C=O) groups is 2. The number of aryl methyl sites for hydroxylation is 1. The third kappa shape index (κ3) is 3.88. The van der Waals surface area contributed by atoms with Crippen LogP contribution in [0.4, 0.5) is 5.69 Å². The molecule has 130 valence electrons. The number of benzene rings is 2. The van der Waals surface area contributed by atoms with Gasteiger partial charge in [-0.2, -0.15) is 0 Å². The largest absolute Gasteiger partial charge is 0.465 e. The Kier molecular flexibility index (Phi) is 5.14. The molecule has 25 heavy (non-hydrogen) atoms. The predicted octanol–water partition coefficient (Wildman–Crippen LogP) is 3.03. The Balaban J connectivity index is 1.58. The van der Waals surface area contributed by atoms with Crippen molar-refractivity contribution >= 4 is 17.6 Å². The summed E-state index contributed by atoms with van der Waals surface area (Å²) in [5.74, 6) is -0.463. The summed E-state index contributed by atoms with van der Waals surface area (Å²) in [6, 6.07) is 15.4. The molecule has 2 aromatic rings. The van der Waals surface area contributed by atoms with E-state index in [1.165, 1.54) is 18.2 Å². The molecule has 1 atom stereocenters. The lowest BCUT2D eigenvalue weighted by Crippen LogP contribution is -2.32. The van der Waals surface area contributed by atoms with Gasteiger partial charge in [0.25, 0.3) is 0 Å². The number of anilines is 1. The number of nitrogens with zero attached hydrogens (tertiary/aromatic N) is 1. The molecule has 1 aliphatic carbocycles. The zero-order valence-corrected chi connectivity index (χ0v) is 14.5. The van der Waals surface area contributed by atoms with Gasteiger partial charge in [-0.15, -0.1) is 0 Å². The summed E-state index contributed by atoms with van der Waals surface area (Å²) >= 11 is 0. The second-order valence-corrected chi connectivity index (χ2v) is 6.29. The van der Waals surface area contributed by atoms with Crippen LogP contribution in [-0.4, -0.2) is 37.5 Å². The highest BCUT2D eigenvalue weighted by molar-refractivity contribution is 5.94. The molecule has 2 aromatic carbocycles. The van der Waals surface area contributed by atoms with Crippen LogP contribution >= 0.6 is 0 Å². The molecule has 1 aliphatic rings. The van der Waals surface area contributed by atoms with Crippen molar-refractivity contribution < 1.29 is 14.3 Å². The fourth-order valence-electron chi connectivity index (χ4n) is 3.34. The van der Waals surface area contributed by atoms with Crippen LogP contribution in [0, 0.1) is 0 Å². The van der Waals surface area contributed by atoms with Gasteiger partial charge in [-0.05, 0) is 55.3 Å². The van der Waals surface area contributed by atoms with Crippen LogP contribution in [-0.2, 0) is 16.0 Å². The van der Waals surface area contributed by atoms with Crippen molar-refractivity contribution in [2.45, 2.75) is 18.9 Å². The Bertz CT molecular complexity index is 771. The summed E-state index contributed by atoms with van der Waals surface area (Å²) in [6.45, 7) is 0.317. The minimum atomic E-state index is -0.391. The third-order valence-corrected chi connectivity index (χ3v) is 4.62. The first-order valence-electron chi connectivity index (χ1n) is 8.35. The van der Waals surface area contributed by atoms with E-state index in [1.807, 2.05) is 13.1 Å². The predicted molar refractivity (Wildman–Crippen MR) is 96.5 cm³/mol. The topological polar surface area (TPSA) is 58.6 Å². The number of esters is 1. The number of likely N-dealkylation sites (N-methyl/N-ethyl adjacent to an activating group) is 1. The van der Waals surface area contributed by atoms with Gasteiger partial charge in [0.15, 0.2) is 0 Å². The highest BCUT2D eigenvalue weighted by Gasteiger charge is 2.26. The molecule has 0 spiro atoms. The summed E-state index contributed by atoms with van der Waals surface area (Å²) in [6.07, 6.45) is 2.10. The highest BCUT2D eigenvalue weighted by Crippen LogP contribution is 2.34. The van der Waals surface area contributed by atoms with Crippen molar-refractivity contribution in [3.8, 4) is 0 Å². The van der Waals surface area contributed by atoms with Gasteiger partial charge in [-0.1, -0.05) is 24.3 Å². The van der Waals surface area contributed by atoms with Gasteiger partial charge in [-0.3, -0.25) is 9.69 Å². The summed E-state index contributed by atoms with van der Waals surface area (Å²) in [5.41, 5.74) is 3.82. The number of ether oxygens (including phenoxy) is 1. The third-order valence-electron chi connectivity index (χ3n) is 4.62. The number of methoxy groups -OCH3 is 1. The summed E-state index contributed by atoms with van der Waals surface area (Å²) < 4.78 is 4.66. The second-order valence-electron chi connectivity index (χ2n) is 6.29. The first-order valence-corrected chi connectivity index (χ1v) is 8.35. The van der Waals surface area contributed by atoms with Crippen LogP contribution in [0.5, 0.6) is 0 Å². The molecule has 5 nitrogen and oxygen atoms in total. The lowest BCUT2D eigenvalue weighted by Gasteiger charge is -2.24. The Labute approximate surface area is 147 Å². The van der Waals surface area contributed by atoms with Gasteiger partial charge >= 0.3 is 5.97 Å². The quantitative estimate of drug-likeness (QED) is 0.852. The average molecular weight is 338 g/mol. The summed E-state index contributed by atoms with van der Waals surface area (Å²) in [5, 5.41) is 2.87. The Morgan fingerprint density at radius 2 is 1.88 bits per heavy atom. The van der Waals surface area contributed by atoms with E-state index in [2.05, 4.69) is 33.2 Å². The minimum absolute atomic E-state index is 0.0716. The summed E-state index contributed by atoms with van der Waals surface area (Å²) in [4.78, 5) is 25.8. The monoisotopic (exact) mass is 338 g/mol. The van der Waals surface area contributed by atoms with E-state index in [0.29, 0.717) is 17.8 Å². The van der Waals surface area contributed by atoms with Gasteiger partial charge < -0.3 is 10.1 Å². The molecule has 5 heteroatoms. The van der Waals surface area contributed by atoms with E-state index in [9.17, 15) is 9.59 Å². The molecule has 0 radical (unpaired) electrons. The fraction of sp³-hybridized carbons (Fsp3) is 0.300. The number of fused-ring (bicyclic) bond motifs is 1. The van der Waals surface area contributed by atoms with Crippen molar-refractivity contribution in [1.29, 1.82) is 0 Å². The first-order chi connectivity index (χ1) is 12.1. The molecule has 0 heterocycles. The minimum Gasteiger partial charge on any atom is -0.465 e. The standard InChI is InChI=1S/C20H22N2O3/c1-22(18-12-9-14-5-3-4-6-17(14)18)13-19(23)21-16-10-7-15(8-11-16)20(24)25-2/h3-8,10-11,18H,9,12-13H2,1-2H3,(H,21,23)/t18-/m0/s1. The summed E-state index contributed by atoms with van der Waals surface area (Å²) in [7, 11) is 3.32. The van der Waals surface area contributed by atoms with E-state index in [1.54, 1.807) is 24.3 Å². The molecule has 0 saturated carbocycles. The number of nitrogens with one attached hydrogen (secondary N) is 1. The Morgan fingerprint density at radius 1 is 1.16 bits per heavy atom. The maximum absolute atomic E-state index is 12.3. The van der Waals surface area contributed by atoms with Gasteiger partial charge in [0.2, 0.25) is 5.91 Å². The molecular weight excluding hydrogens is 316 g/mol. The van der Waals surface area contributed by atoms with Gasteiger partial charge in [0, 0.05) is 11.7 Å². The molecule has 0 aromatic heterocycles. The molecule has 0 saturated heterocycles. The van der Waals surface area contributed by atoms with E-state index < -0.39 is 5.97 Å². The number of hydrogen-bond donors (Lipinski definition) is 1. The second kappa shape index (κ2) is 7.49.